The Morgan fingerprint density at radius 2 is 1.95 bits per heavy atom. The smallest absolute Gasteiger partial charge is 0.250 e. The molecule has 0 aromatic heterocycles. The Morgan fingerprint density at radius 1 is 1.16 bits per heavy atom. The first-order valence-corrected chi connectivity index (χ1v) is 14.3. The number of hydrogen-bond donors (Lipinski definition) is 1. The van der Waals surface area contributed by atoms with Crippen LogP contribution < -0.4 is 5.32 Å². The second-order valence-corrected chi connectivity index (χ2v) is 11.9. The van der Waals surface area contributed by atoms with E-state index in [4.69, 9.17) is 16.0 Å². The average Bonchev–Trinajstić information content (AvgIpc) is 3.62. The normalized spacial score (nSPS) is 22.8. The highest BCUT2D eigenvalue weighted by Gasteiger charge is 2.37. The van der Waals surface area contributed by atoms with Crippen LogP contribution in [0.2, 0.25) is 0 Å². The fraction of sp³-hybridized carbons (Fsp3) is 0.562. The van der Waals surface area contributed by atoms with Crippen molar-refractivity contribution in [3.8, 4) is 0 Å². The van der Waals surface area contributed by atoms with Crippen LogP contribution in [0.4, 0.5) is 5.69 Å². The Bertz CT molecular complexity index is 1170. The Morgan fingerprint density at radius 3 is 2.63 bits per heavy atom. The van der Waals surface area contributed by atoms with Crippen molar-refractivity contribution in [2.45, 2.75) is 70.8 Å². The molecular formula is C32H41N3O3. The van der Waals surface area contributed by atoms with Crippen LogP contribution in [-0.4, -0.2) is 50.3 Å². The average molecular weight is 516 g/mol. The molecule has 1 aromatic rings. The third-order valence-corrected chi connectivity index (χ3v) is 8.67. The number of rotatable bonds is 8. The van der Waals surface area contributed by atoms with Crippen LogP contribution in [0.3, 0.4) is 0 Å². The van der Waals surface area contributed by atoms with Crippen LogP contribution in [0.15, 0.2) is 47.7 Å². The zero-order chi connectivity index (χ0) is 26.6. The van der Waals surface area contributed by atoms with Gasteiger partial charge in [-0.2, -0.15) is 0 Å². The zero-order valence-electron chi connectivity index (χ0n) is 23.0. The van der Waals surface area contributed by atoms with E-state index in [1.165, 1.54) is 37.1 Å². The highest BCUT2D eigenvalue weighted by Crippen LogP contribution is 2.43. The fourth-order valence-electron chi connectivity index (χ4n) is 6.07. The van der Waals surface area contributed by atoms with Crippen LogP contribution in [0, 0.1) is 12.0 Å². The topological polar surface area (TPSA) is 55.2 Å². The van der Waals surface area contributed by atoms with Crippen molar-refractivity contribution in [3.63, 3.8) is 0 Å². The SMILES string of the molecule is [C-]#[N+]C1=CCC(C(=O)Nc2ccc(C3(OCCN4CCCC4)CCOCC3)cc2C2=CCC(C)(C)CC2)=C1. The number of carbonyl (C=O) groups is 1. The van der Waals surface area contributed by atoms with Crippen LogP contribution in [0.25, 0.3) is 10.4 Å². The molecule has 4 aliphatic rings. The van der Waals surface area contributed by atoms with E-state index in [1.807, 2.05) is 6.08 Å². The summed E-state index contributed by atoms with van der Waals surface area (Å²) in [4.78, 5) is 19.1. The number of hydrogen-bond acceptors (Lipinski definition) is 4. The number of nitrogens with one attached hydrogen (secondary N) is 1. The zero-order valence-corrected chi connectivity index (χ0v) is 23.0. The standard InChI is InChI=1S/C32H41N3O3/c1-31(2)12-10-24(11-13-31)28-23-26(7-9-29(28)34-30(36)25-6-8-27(22-25)33-3)32(14-19-37-20-15-32)38-21-18-35-16-4-5-17-35/h7-10,22-23H,4-6,11-21H2,1-2H3,(H,34,36). The molecule has 0 spiro atoms. The number of likely N-dealkylation sites (tertiary alicyclic amines) is 1. The summed E-state index contributed by atoms with van der Waals surface area (Å²) in [6.45, 7) is 17.3. The first kappa shape index (κ1) is 26.9. The van der Waals surface area contributed by atoms with Crippen molar-refractivity contribution >= 4 is 17.2 Å². The van der Waals surface area contributed by atoms with Crippen LogP contribution in [-0.2, 0) is 19.9 Å². The van der Waals surface area contributed by atoms with Gasteiger partial charge >= 0.3 is 0 Å². The van der Waals surface area contributed by atoms with Crippen LogP contribution in [0.1, 0.15) is 76.3 Å². The minimum Gasteiger partial charge on any atom is -0.381 e. The molecule has 2 heterocycles. The maximum Gasteiger partial charge on any atom is 0.250 e. The molecule has 6 heteroatoms. The van der Waals surface area contributed by atoms with Gasteiger partial charge in [-0.1, -0.05) is 32.1 Å². The lowest BCUT2D eigenvalue weighted by Crippen LogP contribution is -2.39. The third-order valence-electron chi connectivity index (χ3n) is 8.67. The van der Waals surface area contributed by atoms with E-state index in [0.29, 0.717) is 36.3 Å². The number of amides is 1. The molecule has 0 atom stereocenters. The molecule has 0 saturated carbocycles. The van der Waals surface area contributed by atoms with Gasteiger partial charge in [0.1, 0.15) is 0 Å². The number of ether oxygens (including phenoxy) is 2. The Balaban J connectivity index is 1.43. The van der Waals surface area contributed by atoms with Gasteiger partial charge in [-0.25, -0.2) is 4.85 Å². The summed E-state index contributed by atoms with van der Waals surface area (Å²) in [5, 5.41) is 3.18. The number of carbonyl (C=O) groups excluding carboxylic acids is 1. The molecule has 0 radical (unpaired) electrons. The Kier molecular flexibility index (Phi) is 8.18. The van der Waals surface area contributed by atoms with E-state index < -0.39 is 0 Å². The van der Waals surface area contributed by atoms with E-state index >= 15 is 0 Å². The molecule has 1 amide bonds. The maximum atomic E-state index is 13.2. The second-order valence-electron chi connectivity index (χ2n) is 11.9. The lowest BCUT2D eigenvalue weighted by molar-refractivity contribution is -0.119. The molecule has 202 valence electrons. The summed E-state index contributed by atoms with van der Waals surface area (Å²) in [7, 11) is 0. The number of nitrogens with zero attached hydrogens (tertiary/aromatic N) is 2. The molecule has 1 aromatic carbocycles. The monoisotopic (exact) mass is 515 g/mol. The van der Waals surface area contributed by atoms with Gasteiger partial charge < -0.3 is 19.7 Å². The summed E-state index contributed by atoms with van der Waals surface area (Å²) < 4.78 is 12.5. The van der Waals surface area contributed by atoms with Gasteiger partial charge in [0.2, 0.25) is 0 Å². The van der Waals surface area contributed by atoms with E-state index in [9.17, 15) is 4.79 Å². The molecular weight excluding hydrogens is 474 g/mol. The van der Waals surface area contributed by atoms with Crippen LogP contribution >= 0.6 is 0 Å². The van der Waals surface area contributed by atoms with Gasteiger partial charge in [-0.05, 0) is 86.4 Å². The molecule has 2 aliphatic heterocycles. The molecule has 6 nitrogen and oxygen atoms in total. The van der Waals surface area contributed by atoms with Gasteiger partial charge in [-0.15, -0.1) is 0 Å². The van der Waals surface area contributed by atoms with Crippen LogP contribution in [0.5, 0.6) is 0 Å². The van der Waals surface area contributed by atoms with Crippen molar-refractivity contribution in [2.75, 3.05) is 44.8 Å². The molecule has 1 N–H and O–H groups in total. The van der Waals surface area contributed by atoms with Gasteiger partial charge in [0, 0.05) is 49.4 Å². The van der Waals surface area contributed by atoms with Gasteiger partial charge in [0.05, 0.1) is 18.8 Å². The Labute approximate surface area is 227 Å². The van der Waals surface area contributed by atoms with E-state index in [0.717, 1.165) is 56.5 Å². The summed E-state index contributed by atoms with van der Waals surface area (Å²) >= 11 is 0. The lowest BCUT2D eigenvalue weighted by atomic mass is 9.76. The molecule has 0 bridgehead atoms. The first-order chi connectivity index (χ1) is 18.4. The molecule has 2 aliphatic carbocycles. The lowest BCUT2D eigenvalue weighted by Gasteiger charge is -2.39. The van der Waals surface area contributed by atoms with E-state index in [-0.39, 0.29) is 11.5 Å². The quantitative estimate of drug-likeness (QED) is 0.403. The second kappa shape index (κ2) is 11.6. The molecule has 2 saturated heterocycles. The summed E-state index contributed by atoms with van der Waals surface area (Å²) in [5.41, 5.74) is 5.50. The van der Waals surface area contributed by atoms with Gasteiger partial charge in [0.25, 0.3) is 5.91 Å². The summed E-state index contributed by atoms with van der Waals surface area (Å²) in [6, 6.07) is 6.47. The van der Waals surface area contributed by atoms with E-state index in [1.54, 1.807) is 6.08 Å². The first-order valence-electron chi connectivity index (χ1n) is 14.3. The van der Waals surface area contributed by atoms with Crippen molar-refractivity contribution in [3.05, 3.63) is 70.2 Å². The predicted molar refractivity (Wildman–Crippen MR) is 151 cm³/mol. The largest absolute Gasteiger partial charge is 0.381 e. The number of anilines is 1. The minimum atomic E-state index is -0.369. The molecule has 2 fully saturated rings. The number of allylic oxidation sites excluding steroid dienone is 4. The fourth-order valence-corrected chi connectivity index (χ4v) is 6.07. The van der Waals surface area contributed by atoms with E-state index in [2.05, 4.69) is 53.2 Å². The van der Waals surface area contributed by atoms with Crippen molar-refractivity contribution in [2.24, 2.45) is 5.41 Å². The van der Waals surface area contributed by atoms with Crippen molar-refractivity contribution in [1.82, 2.24) is 4.90 Å². The molecule has 5 rings (SSSR count). The van der Waals surface area contributed by atoms with Gasteiger partial charge in [0.15, 0.2) is 5.70 Å². The summed E-state index contributed by atoms with van der Waals surface area (Å²) in [6.07, 6.45) is 13.7. The summed E-state index contributed by atoms with van der Waals surface area (Å²) in [5.74, 6) is -0.131. The van der Waals surface area contributed by atoms with Crippen molar-refractivity contribution < 1.29 is 14.3 Å². The third kappa shape index (κ3) is 6.12. The highest BCUT2D eigenvalue weighted by molar-refractivity contribution is 6.06. The van der Waals surface area contributed by atoms with Gasteiger partial charge in [-0.3, -0.25) is 4.79 Å². The molecule has 38 heavy (non-hydrogen) atoms. The highest BCUT2D eigenvalue weighted by atomic mass is 16.5. The Hall–Kier alpha value is -2.72. The minimum absolute atomic E-state index is 0.131. The van der Waals surface area contributed by atoms with Crippen molar-refractivity contribution in [1.29, 1.82) is 0 Å². The predicted octanol–water partition coefficient (Wildman–Crippen LogP) is 6.47. The molecule has 0 unspecified atom stereocenters. The maximum absolute atomic E-state index is 13.2. The number of benzene rings is 1.